The summed E-state index contributed by atoms with van der Waals surface area (Å²) in [6.07, 6.45) is -9.88. The SMILES string of the molecule is C[C@H](NC(=O)[C@@H]1C[C@@H](F)CN1C(=O)CNC(=O)c1ccc2cc(F)ccc2n1)c1cc(C2CCCN(C(=O)OC(C)(C)C)C2)ccc1OS(=O)(=O)C(F)(F)C(F)(F)C(F)(F)C(F)(F)F. The van der Waals surface area contributed by atoms with Gasteiger partial charge in [0.15, 0.2) is 0 Å². The summed E-state index contributed by atoms with van der Waals surface area (Å²) < 4.78 is 187. The van der Waals surface area contributed by atoms with Gasteiger partial charge >= 0.3 is 39.5 Å². The number of carbonyl (C=O) groups is 4. The molecule has 0 saturated carbocycles. The van der Waals surface area contributed by atoms with Crippen molar-refractivity contribution in [1.29, 1.82) is 0 Å². The van der Waals surface area contributed by atoms with Crippen molar-refractivity contribution in [3.63, 3.8) is 0 Å². The molecule has 3 aromatic rings. The van der Waals surface area contributed by atoms with Crippen molar-refractivity contribution < 1.29 is 84.8 Å². The number of halogens is 11. The minimum atomic E-state index is -7.63. The number of hydrogen-bond acceptors (Lipinski definition) is 9. The van der Waals surface area contributed by atoms with Gasteiger partial charge in [0.2, 0.25) is 11.8 Å². The first-order valence-electron chi connectivity index (χ1n) is 19.2. The highest BCUT2D eigenvalue weighted by Gasteiger charge is 2.86. The second-order valence-corrected chi connectivity index (χ2v) is 17.7. The minimum Gasteiger partial charge on any atom is -0.444 e. The smallest absolute Gasteiger partial charge is 0.444 e. The van der Waals surface area contributed by atoms with Gasteiger partial charge in [-0.2, -0.15) is 47.9 Å². The Labute approximate surface area is 357 Å². The van der Waals surface area contributed by atoms with E-state index < -0.39 is 124 Å². The summed E-state index contributed by atoms with van der Waals surface area (Å²) in [5.74, 6) is -20.8. The first-order valence-corrected chi connectivity index (χ1v) is 20.6. The van der Waals surface area contributed by atoms with Gasteiger partial charge in [-0.15, -0.1) is 0 Å². The number of pyridine rings is 1. The molecule has 2 N–H and O–H groups in total. The highest BCUT2D eigenvalue weighted by Crippen LogP contribution is 2.55. The molecule has 13 nitrogen and oxygen atoms in total. The Morgan fingerprint density at radius 2 is 1.58 bits per heavy atom. The Morgan fingerprint density at radius 3 is 2.22 bits per heavy atom. The first-order chi connectivity index (χ1) is 29.4. The number of rotatable bonds is 12. The number of amides is 4. The maximum absolute atomic E-state index is 14.8. The summed E-state index contributed by atoms with van der Waals surface area (Å²) in [4.78, 5) is 58.7. The summed E-state index contributed by atoms with van der Waals surface area (Å²) in [5, 5.41) is -2.32. The monoisotopic (exact) mass is 947 g/mol. The van der Waals surface area contributed by atoms with Crippen LogP contribution in [0.1, 0.15) is 80.5 Å². The van der Waals surface area contributed by atoms with Crippen molar-refractivity contribution in [3.8, 4) is 5.75 Å². The Bertz CT molecular complexity index is 2400. The van der Waals surface area contributed by atoms with Crippen molar-refractivity contribution >= 4 is 44.8 Å². The molecule has 2 fully saturated rings. The fourth-order valence-electron chi connectivity index (χ4n) is 6.93. The van der Waals surface area contributed by atoms with Crippen LogP contribution in [0.2, 0.25) is 0 Å². The number of piperidine rings is 1. The standard InChI is InChI=1S/C39H40F11N5O8S/c1-20(52-33(58)29-16-25(41)19-55(29)31(56)17-51-32(57)28-10-7-22-14-24(40)9-11-27(22)53-28)26-15-21(23-6-5-13-54(18-23)34(59)62-35(2,3)4)8-12-30(26)63-64(60,61)39(49,50)37(44,45)36(42,43)38(46,47)48/h7-12,14-15,20,23,25,29H,5-6,13,16-19H2,1-4H3,(H,51,57)(H,52,58)/t20-,23?,25+,29-/m0/s1. The molecule has 0 aliphatic carbocycles. The lowest BCUT2D eigenvalue weighted by Crippen LogP contribution is -2.63. The van der Waals surface area contributed by atoms with Crippen LogP contribution in [0.5, 0.6) is 5.75 Å². The molecule has 4 amide bonds. The molecule has 3 heterocycles. The van der Waals surface area contributed by atoms with Gasteiger partial charge in [-0.05, 0) is 82.5 Å². The van der Waals surface area contributed by atoms with Gasteiger partial charge in [-0.1, -0.05) is 12.1 Å². The molecule has 2 aliphatic heterocycles. The minimum absolute atomic E-state index is 0.0606. The van der Waals surface area contributed by atoms with Crippen molar-refractivity contribution in [2.45, 2.75) is 100 Å². The van der Waals surface area contributed by atoms with Gasteiger partial charge in [0.05, 0.1) is 24.6 Å². The predicted octanol–water partition coefficient (Wildman–Crippen LogP) is 7.17. The molecule has 1 aromatic heterocycles. The zero-order valence-corrected chi connectivity index (χ0v) is 34.9. The molecule has 64 heavy (non-hydrogen) atoms. The van der Waals surface area contributed by atoms with Crippen molar-refractivity contribution in [2.24, 2.45) is 0 Å². The Hall–Kier alpha value is -5.49. The van der Waals surface area contributed by atoms with E-state index in [0.717, 1.165) is 36.1 Å². The molecule has 0 bridgehead atoms. The van der Waals surface area contributed by atoms with Gasteiger partial charge < -0.3 is 29.4 Å². The highest BCUT2D eigenvalue weighted by molar-refractivity contribution is 7.88. The quantitative estimate of drug-likeness (QED) is 0.142. The highest BCUT2D eigenvalue weighted by atomic mass is 32.2. The number of aromatic nitrogens is 1. The fourth-order valence-corrected chi connectivity index (χ4v) is 7.87. The lowest BCUT2D eigenvalue weighted by molar-refractivity contribution is -0.382. The lowest BCUT2D eigenvalue weighted by atomic mass is 9.88. The third-order valence-electron chi connectivity index (χ3n) is 10.2. The number of hydrogen-bond donors (Lipinski definition) is 2. The first kappa shape index (κ1) is 49.5. The van der Waals surface area contributed by atoms with Crippen molar-refractivity contribution in [2.75, 3.05) is 26.2 Å². The van der Waals surface area contributed by atoms with Crippen LogP contribution in [-0.4, -0.2) is 114 Å². The average Bonchev–Trinajstić information content (AvgIpc) is 3.60. The number of nitrogens with one attached hydrogen (secondary N) is 2. The van der Waals surface area contributed by atoms with Crippen LogP contribution in [0, 0.1) is 5.82 Å². The van der Waals surface area contributed by atoms with Crippen molar-refractivity contribution in [1.82, 2.24) is 25.4 Å². The van der Waals surface area contributed by atoms with Crippen LogP contribution >= 0.6 is 0 Å². The van der Waals surface area contributed by atoms with Gasteiger partial charge in [0.1, 0.15) is 35.1 Å². The molecule has 1 unspecified atom stereocenters. The Kier molecular flexibility index (Phi) is 13.8. The van der Waals surface area contributed by atoms with E-state index in [1.54, 1.807) is 20.8 Å². The molecule has 25 heteroatoms. The summed E-state index contributed by atoms with van der Waals surface area (Å²) in [5.41, 5.74) is -1.34. The molecular formula is C39H40F11N5O8S. The van der Waals surface area contributed by atoms with Crippen molar-refractivity contribution in [3.05, 3.63) is 71.2 Å². The molecule has 0 radical (unpaired) electrons. The normalized spacial score (nSPS) is 19.6. The lowest BCUT2D eigenvalue weighted by Gasteiger charge is -2.35. The number of carbonyl (C=O) groups excluding carboxylic acids is 4. The molecule has 2 aromatic carbocycles. The number of alkyl halides is 10. The van der Waals surface area contributed by atoms with Gasteiger partial charge in [0.25, 0.3) is 5.91 Å². The van der Waals surface area contributed by atoms with Crippen LogP contribution in [0.25, 0.3) is 10.9 Å². The topological polar surface area (TPSA) is 164 Å². The number of likely N-dealkylation sites (tertiary alicyclic amines) is 2. The largest absolute Gasteiger partial charge is 0.460 e. The van der Waals surface area contributed by atoms with Gasteiger partial charge in [-0.25, -0.2) is 18.6 Å². The van der Waals surface area contributed by atoms with E-state index in [2.05, 4.69) is 19.8 Å². The Morgan fingerprint density at radius 1 is 0.906 bits per heavy atom. The van der Waals surface area contributed by atoms with Crippen LogP contribution in [-0.2, 0) is 24.4 Å². The maximum atomic E-state index is 14.8. The maximum Gasteiger partial charge on any atom is 0.460 e. The van der Waals surface area contributed by atoms with Crippen LogP contribution in [0.3, 0.4) is 0 Å². The van der Waals surface area contributed by atoms with E-state index in [1.165, 1.54) is 23.1 Å². The number of nitrogens with zero attached hydrogens (tertiary/aromatic N) is 3. The molecular weight excluding hydrogens is 908 g/mol. The van der Waals surface area contributed by atoms with E-state index in [0.29, 0.717) is 24.3 Å². The second-order valence-electron chi connectivity index (χ2n) is 16.1. The van der Waals surface area contributed by atoms with Crippen LogP contribution in [0.15, 0.2) is 48.5 Å². The summed E-state index contributed by atoms with van der Waals surface area (Å²) >= 11 is 0. The third kappa shape index (κ3) is 10.2. The van der Waals surface area contributed by atoms with E-state index in [9.17, 15) is 75.9 Å². The zero-order valence-electron chi connectivity index (χ0n) is 34.1. The molecule has 2 aliphatic rings. The summed E-state index contributed by atoms with van der Waals surface area (Å²) in [7, 11) is -7.46. The number of ether oxygens (including phenoxy) is 1. The molecule has 0 spiro atoms. The molecule has 5 rings (SSSR count). The van der Waals surface area contributed by atoms with E-state index in [1.807, 2.05) is 0 Å². The van der Waals surface area contributed by atoms with E-state index >= 15 is 0 Å². The summed E-state index contributed by atoms with van der Waals surface area (Å²) in [6.45, 7) is 4.54. The van der Waals surface area contributed by atoms with E-state index in [4.69, 9.17) is 4.74 Å². The molecule has 352 valence electrons. The molecule has 4 atom stereocenters. The third-order valence-corrected chi connectivity index (χ3v) is 11.5. The predicted molar refractivity (Wildman–Crippen MR) is 202 cm³/mol. The fraction of sp³-hybridized carbons (Fsp3) is 0.513. The van der Waals surface area contributed by atoms with Crippen LogP contribution in [0.4, 0.5) is 53.1 Å². The van der Waals surface area contributed by atoms with E-state index in [-0.39, 0.29) is 29.9 Å². The Balaban J connectivity index is 1.41. The van der Waals surface area contributed by atoms with Gasteiger partial charge in [0, 0.05) is 36.4 Å². The second kappa shape index (κ2) is 17.8. The average molecular weight is 948 g/mol. The van der Waals surface area contributed by atoms with Gasteiger partial charge in [-0.3, -0.25) is 14.4 Å². The number of benzene rings is 2. The van der Waals surface area contributed by atoms with Crippen LogP contribution < -0.4 is 14.8 Å². The molecule has 2 saturated heterocycles. The number of fused-ring (bicyclic) bond motifs is 1. The zero-order chi connectivity index (χ0) is 48.0. The summed E-state index contributed by atoms with van der Waals surface area (Å²) in [6, 6.07) is 5.49.